The van der Waals surface area contributed by atoms with E-state index < -0.39 is 5.60 Å². The number of ether oxygens (including phenoxy) is 1. The van der Waals surface area contributed by atoms with Gasteiger partial charge in [0.1, 0.15) is 10.8 Å². The first-order chi connectivity index (χ1) is 9.87. The van der Waals surface area contributed by atoms with Gasteiger partial charge < -0.3 is 9.64 Å². The second kappa shape index (κ2) is 6.65. The minimum atomic E-state index is -0.448. The van der Waals surface area contributed by atoms with Crippen LogP contribution in [0.1, 0.15) is 45.6 Å². The highest BCUT2D eigenvalue weighted by molar-refractivity contribution is 6.30. The zero-order valence-electron chi connectivity index (χ0n) is 12.9. The number of aryl methyl sites for hydroxylation is 1. The second-order valence-corrected chi connectivity index (χ2v) is 6.82. The van der Waals surface area contributed by atoms with Crippen molar-refractivity contribution in [2.75, 3.05) is 6.54 Å². The number of nitrogens with zero attached hydrogens (tertiary/aromatic N) is 2. The third kappa shape index (κ3) is 4.60. The lowest BCUT2D eigenvalue weighted by atomic mass is 10.1. The number of likely N-dealkylation sites (tertiary alicyclic amines) is 1. The van der Waals surface area contributed by atoms with E-state index in [1.165, 1.54) is 0 Å². The molecule has 5 heteroatoms. The molecule has 2 heterocycles. The molecule has 0 spiro atoms. The van der Waals surface area contributed by atoms with Crippen LogP contribution in [0.4, 0.5) is 4.79 Å². The van der Waals surface area contributed by atoms with Gasteiger partial charge in [-0.1, -0.05) is 17.7 Å². The minimum Gasteiger partial charge on any atom is -0.444 e. The Morgan fingerprint density at radius 2 is 2.29 bits per heavy atom. The predicted octanol–water partition coefficient (Wildman–Crippen LogP) is 4.07. The first-order valence-electron chi connectivity index (χ1n) is 7.46. The van der Waals surface area contributed by atoms with Crippen LogP contribution in [0.2, 0.25) is 5.15 Å². The van der Waals surface area contributed by atoms with Gasteiger partial charge in [0.05, 0.1) is 0 Å². The van der Waals surface area contributed by atoms with Crippen molar-refractivity contribution in [2.24, 2.45) is 0 Å². The number of carbonyl (C=O) groups excluding carboxylic acids is 1. The molecule has 1 aromatic rings. The molecule has 1 saturated heterocycles. The van der Waals surface area contributed by atoms with Gasteiger partial charge in [-0.15, -0.1) is 0 Å². The standard InChI is InChI=1S/C16H23ClN2O2/c1-16(2,3)21-15(20)19-11-5-7-13(19)9-8-12-6-4-10-18-14(12)17/h4,6,10,13H,5,7-9,11H2,1-3H3/t13-/m0/s1. The first-order valence-corrected chi connectivity index (χ1v) is 7.83. The maximum absolute atomic E-state index is 12.2. The summed E-state index contributed by atoms with van der Waals surface area (Å²) in [6, 6.07) is 4.11. The molecule has 0 unspecified atom stereocenters. The molecule has 1 fully saturated rings. The highest BCUT2D eigenvalue weighted by Gasteiger charge is 2.31. The number of hydrogen-bond acceptors (Lipinski definition) is 3. The number of pyridine rings is 1. The fraction of sp³-hybridized carbons (Fsp3) is 0.625. The summed E-state index contributed by atoms with van der Waals surface area (Å²) in [5, 5.41) is 0.555. The molecule has 0 N–H and O–H groups in total. The van der Waals surface area contributed by atoms with Crippen LogP contribution < -0.4 is 0 Å². The average molecular weight is 311 g/mol. The van der Waals surface area contributed by atoms with Crippen LogP contribution >= 0.6 is 11.6 Å². The molecule has 4 nitrogen and oxygen atoms in total. The van der Waals surface area contributed by atoms with Gasteiger partial charge in [-0.25, -0.2) is 9.78 Å². The average Bonchev–Trinajstić information content (AvgIpc) is 2.84. The lowest BCUT2D eigenvalue weighted by Gasteiger charge is -2.28. The summed E-state index contributed by atoms with van der Waals surface area (Å²) in [6.07, 6.45) is 5.26. The van der Waals surface area contributed by atoms with Crippen molar-refractivity contribution in [3.63, 3.8) is 0 Å². The number of carbonyl (C=O) groups is 1. The Balaban J connectivity index is 1.93. The highest BCUT2D eigenvalue weighted by Crippen LogP contribution is 2.25. The third-order valence-electron chi connectivity index (χ3n) is 3.59. The molecule has 0 bridgehead atoms. The van der Waals surface area contributed by atoms with Crippen molar-refractivity contribution < 1.29 is 9.53 Å². The minimum absolute atomic E-state index is 0.206. The second-order valence-electron chi connectivity index (χ2n) is 6.46. The summed E-state index contributed by atoms with van der Waals surface area (Å²) in [5.41, 5.74) is 0.590. The molecular weight excluding hydrogens is 288 g/mol. The molecule has 1 aliphatic rings. The topological polar surface area (TPSA) is 42.4 Å². The molecule has 116 valence electrons. The van der Waals surface area contributed by atoms with Gasteiger partial charge in [0.15, 0.2) is 0 Å². The van der Waals surface area contributed by atoms with Crippen LogP contribution in [0.25, 0.3) is 0 Å². The smallest absolute Gasteiger partial charge is 0.410 e. The van der Waals surface area contributed by atoms with E-state index >= 15 is 0 Å². The summed E-state index contributed by atoms with van der Waals surface area (Å²) in [7, 11) is 0. The molecule has 0 aromatic carbocycles. The molecule has 0 saturated carbocycles. The number of rotatable bonds is 3. The third-order valence-corrected chi connectivity index (χ3v) is 3.93. The van der Waals surface area contributed by atoms with Crippen LogP contribution in [0.5, 0.6) is 0 Å². The maximum Gasteiger partial charge on any atom is 0.410 e. The van der Waals surface area contributed by atoms with Crippen LogP contribution in [0.3, 0.4) is 0 Å². The van der Waals surface area contributed by atoms with Gasteiger partial charge in [-0.3, -0.25) is 0 Å². The monoisotopic (exact) mass is 310 g/mol. The molecule has 1 atom stereocenters. The fourth-order valence-electron chi connectivity index (χ4n) is 2.62. The Hall–Kier alpha value is -1.29. The van der Waals surface area contributed by atoms with E-state index in [0.717, 1.165) is 37.8 Å². The molecule has 21 heavy (non-hydrogen) atoms. The molecule has 2 rings (SSSR count). The van der Waals surface area contributed by atoms with Gasteiger partial charge in [-0.05, 0) is 58.1 Å². The molecule has 0 radical (unpaired) electrons. The Morgan fingerprint density at radius 3 is 2.95 bits per heavy atom. The Labute approximate surface area is 131 Å². The molecule has 1 aliphatic heterocycles. The zero-order valence-corrected chi connectivity index (χ0v) is 13.7. The zero-order chi connectivity index (χ0) is 15.5. The summed E-state index contributed by atoms with van der Waals surface area (Å²) in [4.78, 5) is 18.2. The predicted molar refractivity (Wildman–Crippen MR) is 83.5 cm³/mol. The first kappa shape index (κ1) is 16.1. The number of amides is 1. The van der Waals surface area contributed by atoms with Crippen molar-refractivity contribution in [1.29, 1.82) is 0 Å². The number of aromatic nitrogens is 1. The summed E-state index contributed by atoms with van der Waals surface area (Å²) in [5.74, 6) is 0. The van der Waals surface area contributed by atoms with Gasteiger partial charge >= 0.3 is 6.09 Å². The van der Waals surface area contributed by atoms with Crippen molar-refractivity contribution >= 4 is 17.7 Å². The Kier molecular flexibility index (Phi) is 5.09. The van der Waals surface area contributed by atoms with Gasteiger partial charge in [0, 0.05) is 18.8 Å². The van der Waals surface area contributed by atoms with Crippen molar-refractivity contribution in [2.45, 2.75) is 58.1 Å². The van der Waals surface area contributed by atoms with Crippen molar-refractivity contribution in [3.05, 3.63) is 29.0 Å². The SMILES string of the molecule is CC(C)(C)OC(=O)N1CCC[C@H]1CCc1cccnc1Cl. The molecule has 1 amide bonds. The van der Waals surface area contributed by atoms with E-state index in [0.29, 0.717) is 5.15 Å². The highest BCUT2D eigenvalue weighted by atomic mass is 35.5. The van der Waals surface area contributed by atoms with E-state index in [1.807, 2.05) is 37.8 Å². The van der Waals surface area contributed by atoms with Crippen LogP contribution in [-0.2, 0) is 11.2 Å². The van der Waals surface area contributed by atoms with Gasteiger partial charge in [0.2, 0.25) is 0 Å². The van der Waals surface area contributed by atoms with Gasteiger partial charge in [-0.2, -0.15) is 0 Å². The lowest BCUT2D eigenvalue weighted by Crippen LogP contribution is -2.40. The summed E-state index contributed by atoms with van der Waals surface area (Å²) < 4.78 is 5.48. The summed E-state index contributed by atoms with van der Waals surface area (Å²) >= 11 is 6.08. The van der Waals surface area contributed by atoms with Crippen LogP contribution in [-0.4, -0.2) is 34.2 Å². The van der Waals surface area contributed by atoms with E-state index in [4.69, 9.17) is 16.3 Å². The molecule has 0 aliphatic carbocycles. The normalized spacial score (nSPS) is 18.9. The Bertz CT molecular complexity index is 499. The van der Waals surface area contributed by atoms with Crippen LogP contribution in [0, 0.1) is 0 Å². The Morgan fingerprint density at radius 1 is 1.52 bits per heavy atom. The van der Waals surface area contributed by atoms with E-state index in [2.05, 4.69) is 4.98 Å². The van der Waals surface area contributed by atoms with E-state index in [-0.39, 0.29) is 12.1 Å². The largest absolute Gasteiger partial charge is 0.444 e. The van der Waals surface area contributed by atoms with E-state index in [9.17, 15) is 4.79 Å². The molecular formula is C16H23ClN2O2. The fourth-order valence-corrected chi connectivity index (χ4v) is 2.84. The number of halogens is 1. The molecule has 1 aromatic heterocycles. The quantitative estimate of drug-likeness (QED) is 0.790. The lowest BCUT2D eigenvalue weighted by molar-refractivity contribution is 0.0220. The van der Waals surface area contributed by atoms with Crippen LogP contribution in [0.15, 0.2) is 18.3 Å². The number of hydrogen-bond donors (Lipinski definition) is 0. The van der Waals surface area contributed by atoms with Gasteiger partial charge in [0.25, 0.3) is 0 Å². The van der Waals surface area contributed by atoms with Crippen molar-refractivity contribution in [1.82, 2.24) is 9.88 Å². The summed E-state index contributed by atoms with van der Waals surface area (Å²) in [6.45, 7) is 6.46. The maximum atomic E-state index is 12.2. The van der Waals surface area contributed by atoms with Crippen molar-refractivity contribution in [3.8, 4) is 0 Å². The van der Waals surface area contributed by atoms with E-state index in [1.54, 1.807) is 6.20 Å².